The number of anilines is 2. The Kier molecular flexibility index (Phi) is 5.17. The molecule has 2 N–H and O–H groups in total. The lowest BCUT2D eigenvalue weighted by Crippen LogP contribution is -2.42. The van der Waals surface area contributed by atoms with Crippen molar-refractivity contribution in [2.45, 2.75) is 46.1 Å². The molecule has 1 aromatic rings. The zero-order valence-electron chi connectivity index (χ0n) is 13.2. The fourth-order valence-corrected chi connectivity index (χ4v) is 2.76. The normalized spacial score (nSPS) is 19.9. The van der Waals surface area contributed by atoms with Crippen molar-refractivity contribution in [3.63, 3.8) is 0 Å². The Hall–Kier alpha value is -1.36. The van der Waals surface area contributed by atoms with E-state index in [1.165, 1.54) is 19.4 Å². The lowest BCUT2D eigenvalue weighted by molar-refractivity contribution is 0.226. The molecular formula is C15H27N5. The van der Waals surface area contributed by atoms with Gasteiger partial charge in [-0.05, 0) is 32.9 Å². The molecule has 2 rings (SSSR count). The molecule has 1 aromatic heterocycles. The largest absolute Gasteiger partial charge is 0.373 e. The summed E-state index contributed by atoms with van der Waals surface area (Å²) in [5, 5.41) is 6.80. The molecule has 1 aliphatic rings. The molecule has 0 spiro atoms. The van der Waals surface area contributed by atoms with Crippen LogP contribution in [0.25, 0.3) is 0 Å². The van der Waals surface area contributed by atoms with E-state index in [1.54, 1.807) is 0 Å². The number of nitrogens with zero attached hydrogens (tertiary/aromatic N) is 3. The second kappa shape index (κ2) is 6.88. The van der Waals surface area contributed by atoms with Gasteiger partial charge in [-0.3, -0.25) is 0 Å². The Morgan fingerprint density at radius 3 is 2.65 bits per heavy atom. The van der Waals surface area contributed by atoms with Gasteiger partial charge in [0.2, 0.25) is 0 Å². The summed E-state index contributed by atoms with van der Waals surface area (Å²) in [6.07, 6.45) is 3.33. The summed E-state index contributed by atoms with van der Waals surface area (Å²) in [6.45, 7) is 9.85. The van der Waals surface area contributed by atoms with Gasteiger partial charge in [-0.1, -0.05) is 13.8 Å². The lowest BCUT2D eigenvalue weighted by atomic mass is 10.1. The van der Waals surface area contributed by atoms with E-state index in [0.29, 0.717) is 6.04 Å². The topological polar surface area (TPSA) is 53.1 Å². The van der Waals surface area contributed by atoms with Crippen LogP contribution in [0.2, 0.25) is 0 Å². The zero-order valence-corrected chi connectivity index (χ0v) is 13.2. The van der Waals surface area contributed by atoms with Gasteiger partial charge in [0.25, 0.3) is 0 Å². The summed E-state index contributed by atoms with van der Waals surface area (Å²) < 4.78 is 0. The van der Waals surface area contributed by atoms with Crippen LogP contribution in [0.3, 0.4) is 0 Å². The van der Waals surface area contributed by atoms with Crippen molar-refractivity contribution in [2.24, 2.45) is 0 Å². The van der Waals surface area contributed by atoms with Crippen molar-refractivity contribution in [3.8, 4) is 0 Å². The molecule has 1 aliphatic heterocycles. The van der Waals surface area contributed by atoms with Crippen LogP contribution in [-0.2, 0) is 6.42 Å². The van der Waals surface area contributed by atoms with E-state index >= 15 is 0 Å². The first-order chi connectivity index (χ1) is 9.67. The summed E-state index contributed by atoms with van der Waals surface area (Å²) in [6, 6.07) is 0.492. The Morgan fingerprint density at radius 2 is 2.00 bits per heavy atom. The van der Waals surface area contributed by atoms with E-state index in [-0.39, 0.29) is 0 Å². The smallest absolute Gasteiger partial charge is 0.135 e. The standard InChI is InChI=1S/C15H27N5/c1-5-13-18-14(16-4)11(3)15(19-13)17-12-8-7-9-20(6-2)10-12/h12H,5-10H2,1-4H3,(H2,16,17,18,19). The second-order valence-corrected chi connectivity index (χ2v) is 5.44. The second-order valence-electron chi connectivity index (χ2n) is 5.44. The van der Waals surface area contributed by atoms with Crippen LogP contribution in [0, 0.1) is 6.92 Å². The average molecular weight is 277 g/mol. The van der Waals surface area contributed by atoms with E-state index in [2.05, 4.69) is 46.3 Å². The summed E-state index contributed by atoms with van der Waals surface area (Å²) in [7, 11) is 1.91. The first kappa shape index (κ1) is 15.0. The van der Waals surface area contributed by atoms with Crippen molar-refractivity contribution in [2.75, 3.05) is 37.3 Å². The van der Waals surface area contributed by atoms with Crippen LogP contribution in [-0.4, -0.2) is 47.6 Å². The van der Waals surface area contributed by atoms with Gasteiger partial charge in [0.1, 0.15) is 17.5 Å². The minimum absolute atomic E-state index is 0.492. The van der Waals surface area contributed by atoms with Gasteiger partial charge in [-0.15, -0.1) is 0 Å². The zero-order chi connectivity index (χ0) is 14.5. The maximum Gasteiger partial charge on any atom is 0.135 e. The fourth-order valence-electron chi connectivity index (χ4n) is 2.76. The number of likely N-dealkylation sites (tertiary alicyclic amines) is 1. The van der Waals surface area contributed by atoms with Gasteiger partial charge >= 0.3 is 0 Å². The summed E-state index contributed by atoms with van der Waals surface area (Å²) in [5.41, 5.74) is 1.11. The third-order valence-electron chi connectivity index (χ3n) is 4.04. The minimum Gasteiger partial charge on any atom is -0.373 e. The minimum atomic E-state index is 0.492. The number of piperidine rings is 1. The van der Waals surface area contributed by atoms with Crippen molar-refractivity contribution in [3.05, 3.63) is 11.4 Å². The molecule has 0 bridgehead atoms. The third-order valence-corrected chi connectivity index (χ3v) is 4.04. The number of nitrogens with one attached hydrogen (secondary N) is 2. The van der Waals surface area contributed by atoms with E-state index in [9.17, 15) is 0 Å². The first-order valence-electron chi connectivity index (χ1n) is 7.72. The number of rotatable bonds is 5. The first-order valence-corrected chi connectivity index (χ1v) is 7.72. The highest BCUT2D eigenvalue weighted by atomic mass is 15.2. The Bertz CT molecular complexity index is 446. The number of likely N-dealkylation sites (N-methyl/N-ethyl adjacent to an activating group) is 1. The van der Waals surface area contributed by atoms with Crippen LogP contribution in [0.15, 0.2) is 0 Å². The van der Waals surface area contributed by atoms with Crippen LogP contribution in [0.4, 0.5) is 11.6 Å². The molecule has 5 nitrogen and oxygen atoms in total. The van der Waals surface area contributed by atoms with Crippen molar-refractivity contribution in [1.82, 2.24) is 14.9 Å². The SMILES string of the molecule is CCc1nc(NC)c(C)c(NC2CCCN(CC)C2)n1. The molecule has 1 atom stereocenters. The van der Waals surface area contributed by atoms with Crippen LogP contribution < -0.4 is 10.6 Å². The molecule has 0 amide bonds. The van der Waals surface area contributed by atoms with Gasteiger partial charge in [0, 0.05) is 31.6 Å². The predicted molar refractivity (Wildman–Crippen MR) is 84.5 cm³/mol. The monoisotopic (exact) mass is 277 g/mol. The van der Waals surface area contributed by atoms with Gasteiger partial charge < -0.3 is 15.5 Å². The number of hydrogen-bond acceptors (Lipinski definition) is 5. The highest BCUT2D eigenvalue weighted by molar-refractivity contribution is 5.57. The van der Waals surface area contributed by atoms with Crippen molar-refractivity contribution in [1.29, 1.82) is 0 Å². The maximum absolute atomic E-state index is 4.66. The van der Waals surface area contributed by atoms with Crippen molar-refractivity contribution < 1.29 is 0 Å². The van der Waals surface area contributed by atoms with Crippen LogP contribution in [0.1, 0.15) is 38.1 Å². The highest BCUT2D eigenvalue weighted by Gasteiger charge is 2.20. The van der Waals surface area contributed by atoms with Gasteiger partial charge in [0.05, 0.1) is 0 Å². The molecule has 112 valence electrons. The van der Waals surface area contributed by atoms with Gasteiger partial charge in [0.15, 0.2) is 0 Å². The molecule has 5 heteroatoms. The quantitative estimate of drug-likeness (QED) is 0.865. The van der Waals surface area contributed by atoms with Crippen molar-refractivity contribution >= 4 is 11.6 Å². The van der Waals surface area contributed by atoms with E-state index in [4.69, 9.17) is 0 Å². The fraction of sp³-hybridized carbons (Fsp3) is 0.733. The Morgan fingerprint density at radius 1 is 1.25 bits per heavy atom. The maximum atomic E-state index is 4.66. The lowest BCUT2D eigenvalue weighted by Gasteiger charge is -2.33. The number of aryl methyl sites for hydroxylation is 1. The van der Waals surface area contributed by atoms with Crippen LogP contribution in [0.5, 0.6) is 0 Å². The molecule has 20 heavy (non-hydrogen) atoms. The number of aromatic nitrogens is 2. The molecule has 0 saturated carbocycles. The molecule has 0 radical (unpaired) electrons. The molecule has 0 aromatic carbocycles. The Labute approximate surface area is 122 Å². The van der Waals surface area contributed by atoms with Gasteiger partial charge in [-0.25, -0.2) is 9.97 Å². The predicted octanol–water partition coefficient (Wildman–Crippen LogP) is 2.29. The highest BCUT2D eigenvalue weighted by Crippen LogP contribution is 2.22. The summed E-state index contributed by atoms with van der Waals surface area (Å²) in [4.78, 5) is 11.7. The van der Waals surface area contributed by atoms with E-state index in [0.717, 1.165) is 42.5 Å². The molecule has 1 unspecified atom stereocenters. The van der Waals surface area contributed by atoms with E-state index in [1.807, 2.05) is 7.05 Å². The molecule has 1 fully saturated rings. The third kappa shape index (κ3) is 3.39. The van der Waals surface area contributed by atoms with Crippen LogP contribution >= 0.6 is 0 Å². The molecular weight excluding hydrogens is 250 g/mol. The molecule has 2 heterocycles. The summed E-state index contributed by atoms with van der Waals surface area (Å²) >= 11 is 0. The average Bonchev–Trinajstić information content (AvgIpc) is 2.49. The van der Waals surface area contributed by atoms with E-state index < -0.39 is 0 Å². The summed E-state index contributed by atoms with van der Waals surface area (Å²) in [5.74, 6) is 2.82. The molecule has 1 saturated heterocycles. The van der Waals surface area contributed by atoms with Gasteiger partial charge in [-0.2, -0.15) is 0 Å². The number of hydrogen-bond donors (Lipinski definition) is 2. The Balaban J connectivity index is 2.15. The molecule has 0 aliphatic carbocycles.